The molecule has 2 saturated heterocycles. The molecule has 0 radical (unpaired) electrons. The topological polar surface area (TPSA) is 482 Å². The Labute approximate surface area is 784 Å². The highest BCUT2D eigenvalue weighted by Gasteiger charge is 2.45. The van der Waals surface area contributed by atoms with E-state index in [1.165, 1.54) is 71.1 Å². The lowest BCUT2D eigenvalue weighted by Crippen LogP contribution is -2.36. The normalized spacial score (nSPS) is 17.2. The average Bonchev–Trinajstić information content (AvgIpc) is 1.62. The molecule has 2 atom stereocenters. The zero-order valence-corrected chi connectivity index (χ0v) is 82.1. The number of aliphatic carboxylic acids is 1. The van der Waals surface area contributed by atoms with Crippen LogP contribution in [0.15, 0.2) is 60.7 Å². The number of hydrogen-bond donors (Lipinski definition) is 2. The summed E-state index contributed by atoms with van der Waals surface area (Å²) in [5.74, 6) is -3.68. The van der Waals surface area contributed by atoms with E-state index in [0.717, 1.165) is 174 Å². The minimum absolute atomic E-state index is 0. The number of Topliss-reactive ketones (excluding diaryl/α,β-unsaturated/α-hetero) is 2. The fraction of sp³-hybridized carbons (Fsp3) is 0.641. The second-order valence-corrected chi connectivity index (χ2v) is 38.6. The molecule has 133 heavy (non-hydrogen) atoms. The molecule has 2 aliphatic heterocycles. The maximum absolute atomic E-state index is 11.5. The van der Waals surface area contributed by atoms with E-state index in [-0.39, 0.29) is 104 Å². The third-order valence-electron chi connectivity index (χ3n) is 23.5. The first kappa shape index (κ1) is 113. The van der Waals surface area contributed by atoms with Gasteiger partial charge in [-0.1, -0.05) is 13.0 Å². The molecule has 6 aromatic rings. The van der Waals surface area contributed by atoms with Gasteiger partial charge in [0.15, 0.2) is 11.6 Å². The number of carboxylic acids is 1. The number of carbonyl (C=O) groups excluding carboxylic acids is 9. The molecule has 8 aliphatic rings. The summed E-state index contributed by atoms with van der Waals surface area (Å²) in [5.41, 5.74) is 21.0. The second kappa shape index (κ2) is 50.2. The Hall–Kier alpha value is -10.5. The van der Waals surface area contributed by atoms with E-state index in [1.807, 2.05) is 141 Å². The zero-order chi connectivity index (χ0) is 97.2. The van der Waals surface area contributed by atoms with E-state index in [4.69, 9.17) is 58.0 Å². The number of esters is 6. The number of methoxy groups -OCH3 is 7. The average molecular weight is 1910 g/mol. The van der Waals surface area contributed by atoms with Crippen LogP contribution in [0.2, 0.25) is 0 Å². The Bertz CT molecular complexity index is 5130. The Kier molecular flexibility index (Phi) is 42.6. The number of allylic oxidation sites excluding steroid dienone is 2. The van der Waals surface area contributed by atoms with Gasteiger partial charge in [-0.2, -0.15) is 35.4 Å². The van der Waals surface area contributed by atoms with Crippen LogP contribution in [-0.4, -0.2) is 236 Å². The van der Waals surface area contributed by atoms with Gasteiger partial charge in [0.1, 0.15) is 12.1 Å². The zero-order valence-electron chi connectivity index (χ0n) is 80.4. The van der Waals surface area contributed by atoms with Crippen molar-refractivity contribution in [2.24, 2.45) is 11.8 Å². The van der Waals surface area contributed by atoms with Gasteiger partial charge in [-0.3, -0.25) is 66.9 Å². The smallest absolute Gasteiger partial charge is 0.446 e. The first-order valence-electron chi connectivity index (χ1n) is 43.6. The van der Waals surface area contributed by atoms with Gasteiger partial charge < -0.3 is 76.6 Å². The molecule has 14 rings (SSSR count). The van der Waals surface area contributed by atoms with Crippen LogP contribution in [0.5, 0.6) is 0 Å². The Morgan fingerprint density at radius 1 is 0.519 bits per heavy atom. The number of H-pyrrole nitrogens is 1. The summed E-state index contributed by atoms with van der Waals surface area (Å²) >= 11 is 0. The maximum atomic E-state index is 11.5. The fourth-order valence-corrected chi connectivity index (χ4v) is 16.7. The monoisotopic (exact) mass is 1900 g/mol. The number of carbonyl (C=O) groups is 10. The molecule has 738 valence electrons. The molecule has 8 heterocycles. The van der Waals surface area contributed by atoms with Gasteiger partial charge in [0, 0.05) is 120 Å². The largest absolute Gasteiger partial charge is 0.504 e. The van der Waals surface area contributed by atoms with Gasteiger partial charge in [0.25, 0.3) is 0 Å². The number of halogens is 1. The molecule has 2 fully saturated rings. The number of rotatable bonds is 23. The van der Waals surface area contributed by atoms with Crippen molar-refractivity contribution in [2.75, 3.05) is 90.4 Å². The number of aromatic nitrogens is 12. The summed E-state index contributed by atoms with van der Waals surface area (Å²) < 4.78 is 85.3. The number of ketones is 2. The highest BCUT2D eigenvalue weighted by molar-refractivity contribution is 7.74. The van der Waals surface area contributed by atoms with Crippen molar-refractivity contribution in [3.8, 4) is 0 Å². The third kappa shape index (κ3) is 31.8. The van der Waals surface area contributed by atoms with Crippen LogP contribution in [0.3, 0.4) is 0 Å². The summed E-state index contributed by atoms with van der Waals surface area (Å²) in [4.78, 5) is 114. The molecule has 2 spiro atoms. The number of aromatic amines is 1. The van der Waals surface area contributed by atoms with Crippen LogP contribution in [0.4, 0.5) is 0 Å². The molecule has 0 aromatic carbocycles. The van der Waals surface area contributed by atoms with E-state index in [0.29, 0.717) is 64.6 Å². The van der Waals surface area contributed by atoms with Crippen molar-refractivity contribution >= 4 is 85.1 Å². The van der Waals surface area contributed by atoms with Gasteiger partial charge in [-0.05, 0) is 187 Å². The van der Waals surface area contributed by atoms with Crippen molar-refractivity contribution in [3.63, 3.8) is 0 Å². The van der Waals surface area contributed by atoms with E-state index in [1.54, 1.807) is 16.5 Å². The van der Waals surface area contributed by atoms with Gasteiger partial charge in [-0.15, -0.1) is 12.4 Å². The summed E-state index contributed by atoms with van der Waals surface area (Å²) in [6.07, 6.45) is 31.3. The van der Waals surface area contributed by atoms with E-state index in [2.05, 4.69) is 54.3 Å². The van der Waals surface area contributed by atoms with Crippen LogP contribution < -0.4 is 0 Å². The van der Waals surface area contributed by atoms with Crippen LogP contribution in [-0.2, 0) is 218 Å². The summed E-state index contributed by atoms with van der Waals surface area (Å²) in [5, 5.41) is 39.0. The summed E-state index contributed by atoms with van der Waals surface area (Å²) in [7, 11) is 8.48. The fourth-order valence-electron chi connectivity index (χ4n) is 15.7. The van der Waals surface area contributed by atoms with Crippen molar-refractivity contribution in [3.05, 3.63) is 134 Å². The number of aryl methyl sites for hydroxylation is 6. The Balaban J connectivity index is 0.000000272. The third-order valence-corrected chi connectivity index (χ3v) is 25.4. The van der Waals surface area contributed by atoms with Crippen LogP contribution in [0.1, 0.15) is 236 Å². The van der Waals surface area contributed by atoms with E-state index < -0.39 is 52.7 Å². The number of carboxylic acid groups (broad SMARTS) is 1. The number of nitrogens with one attached hydrogen (secondary N) is 1. The Morgan fingerprint density at radius 3 is 1.26 bits per heavy atom. The first-order valence-corrected chi connectivity index (χ1v) is 45.1. The van der Waals surface area contributed by atoms with Crippen LogP contribution in [0, 0.1) is 11.8 Å². The lowest BCUT2D eigenvalue weighted by molar-refractivity contribution is -0.164. The molecule has 6 aliphatic carbocycles. The SMILES string of the molecule is C.CO/C=C1\CCc2nn(C(C)(C)CC(=O)OC)cc2C1.COC(=O)C=C(C)C.COC(=O)CC(C)(C)n1cc2c(n1)CCC(=O)C2.COC(=O)CC(C)(C)n1cc2c(n1)CCC(C(=O)O)C2.COC(=O)CC(C)(C)n1cc2c(n1)CCC(C=O)C2.COC(=O)CC(C)(C)n1cc2c(n1)CCC1(C2)OCCO1.COP(=O)(OC)C(=[N+]=[N-])C(C)=O.Cl.c1n[nH]c2c1CC1(CC2)OCCO1. The molecule has 2 N–H and O–H groups in total. The highest BCUT2D eigenvalue weighted by atomic mass is 35.5. The molecule has 0 amide bonds. The minimum Gasteiger partial charge on any atom is -0.504 e. The van der Waals surface area contributed by atoms with Gasteiger partial charge in [0.2, 0.25) is 5.78 Å². The molecule has 41 heteroatoms. The predicted molar refractivity (Wildman–Crippen MR) is 488 cm³/mol. The number of ether oxygens (including phenoxy) is 11. The lowest BCUT2D eigenvalue weighted by atomic mass is 9.88. The highest BCUT2D eigenvalue weighted by Crippen LogP contribution is 2.47. The lowest BCUT2D eigenvalue weighted by Gasteiger charge is -2.30. The first-order chi connectivity index (χ1) is 61.7. The molecule has 0 bridgehead atoms. The van der Waals surface area contributed by atoms with Gasteiger partial charge in [0.05, 0.1) is 183 Å². The molecule has 2 unspecified atom stereocenters. The predicted octanol–water partition coefficient (Wildman–Crippen LogP) is 11.2. The number of hydrogen-bond acceptors (Lipinski definition) is 30. The number of fused-ring (bicyclic) bond motifs is 6. The summed E-state index contributed by atoms with van der Waals surface area (Å²) in [6, 6.07) is 0. The second-order valence-electron chi connectivity index (χ2n) is 36.4. The molecule has 39 nitrogen and oxygen atoms in total. The van der Waals surface area contributed by atoms with Crippen molar-refractivity contribution in [1.82, 2.24) is 59.1 Å². The summed E-state index contributed by atoms with van der Waals surface area (Å²) in [6.45, 7) is 27.1. The van der Waals surface area contributed by atoms with Crippen molar-refractivity contribution in [2.45, 2.75) is 284 Å². The molecular weight excluding hydrogens is 1770 g/mol. The van der Waals surface area contributed by atoms with Crippen LogP contribution >= 0.6 is 20.0 Å². The quantitative estimate of drug-likeness (QED) is 0.00692. The number of aldehydes is 1. The minimum atomic E-state index is -3.70. The van der Waals surface area contributed by atoms with Crippen LogP contribution in [0.25, 0.3) is 5.53 Å². The standard InChI is InChI=1S/C15H22N2O4.C15H22N2O3.C14H20N2O4.C14H20N2O3.C13H18N2O3.C9H12N2O2.C6H10O2.C5H9N2O4P.CH4.ClH/c1-14(2,9-13(18)19-3)17-10-11-8-15(20-6-7-21-15)5-4-12(11)16-17;1-15(2,8-14(18)20-4)17-9-12-7-11(10-19-3)5-6-13(12)16-17;1-14(2,7-12(17)20-3)16-8-10-6-9(13(18)19)4-5-11(10)15-16;1-14(2,7-13(18)19-3)16-8-11-6-10(9-17)4-5-12(11)15-16;1-13(2,7-12(17)18-3)15-8-9-6-10(16)4-5-11(9)14-15;1-2-9(12-3-4-13-9)5-7-6-10-11-8(1)7;1-5(2)4-6(7)8-3;1-4(8)5(7-6)12(9,10-2)11-3;;/h10H,4-9H2,1-3H3;9-10H,5-8H2,1-4H3;8-9H,4-7H2,1-3H3,(H,18,19);8-10H,4-7H2,1-3H3;8H,4-7H2,1-3H3;6H,1-5H2,(H,10,11);4H,1-3H3;1-3H3;1H4;1H/b;11-10+;;;;;;;;. The van der Waals surface area contributed by atoms with Gasteiger partial charge in [-0.25, -0.2) is 9.36 Å². The number of nitrogens with zero attached hydrogens (tertiary/aromatic N) is 13. The maximum Gasteiger partial charge on any atom is 0.446 e. The van der Waals surface area contributed by atoms with E-state index in [9.17, 15) is 52.5 Å². The van der Waals surface area contributed by atoms with Gasteiger partial charge >= 0.3 is 54.8 Å². The van der Waals surface area contributed by atoms with E-state index >= 15 is 0 Å². The Morgan fingerprint density at radius 2 is 0.895 bits per heavy atom. The molecular formula is C92H138ClN14O25P. The van der Waals surface area contributed by atoms with Crippen molar-refractivity contribution in [1.29, 1.82) is 0 Å². The molecule has 0 saturated carbocycles. The van der Waals surface area contributed by atoms with Crippen molar-refractivity contribution < 1.29 is 124 Å². The molecule has 6 aromatic heterocycles.